The number of carbonyl (C=O) groups excluding carboxylic acids is 2. The molecule has 7 heteroatoms. The molecule has 0 aliphatic carbocycles. The quantitative estimate of drug-likeness (QED) is 0.835. The summed E-state index contributed by atoms with van der Waals surface area (Å²) in [6, 6.07) is 7.48. The van der Waals surface area contributed by atoms with Gasteiger partial charge in [0.05, 0.1) is 13.7 Å². The van der Waals surface area contributed by atoms with Crippen LogP contribution in [-0.2, 0) is 4.79 Å². The van der Waals surface area contributed by atoms with Crippen LogP contribution < -0.4 is 20.3 Å². The predicted molar refractivity (Wildman–Crippen MR) is 84.2 cm³/mol. The van der Waals surface area contributed by atoms with Crippen molar-refractivity contribution in [1.29, 1.82) is 0 Å². The van der Waals surface area contributed by atoms with Gasteiger partial charge in [-0.1, -0.05) is 6.07 Å². The van der Waals surface area contributed by atoms with Crippen LogP contribution in [0.3, 0.4) is 0 Å². The van der Waals surface area contributed by atoms with Crippen LogP contribution in [0.1, 0.15) is 0 Å². The van der Waals surface area contributed by atoms with Crippen molar-refractivity contribution in [2.45, 2.75) is 0 Å². The molecular formula is C15H22N4O3. The molecule has 1 aromatic rings. The fraction of sp³-hybridized carbons (Fsp3) is 0.467. The maximum absolute atomic E-state index is 11.7. The van der Waals surface area contributed by atoms with E-state index < -0.39 is 6.03 Å². The van der Waals surface area contributed by atoms with E-state index in [9.17, 15) is 9.59 Å². The van der Waals surface area contributed by atoms with E-state index in [1.54, 1.807) is 7.11 Å². The van der Waals surface area contributed by atoms with Crippen molar-refractivity contribution < 1.29 is 14.3 Å². The molecular weight excluding hydrogens is 284 g/mol. The summed E-state index contributed by atoms with van der Waals surface area (Å²) in [6.45, 7) is 3.46. The fourth-order valence-corrected chi connectivity index (χ4v) is 2.40. The lowest BCUT2D eigenvalue weighted by molar-refractivity contribution is -0.121. The smallest absolute Gasteiger partial charge is 0.321 e. The van der Waals surface area contributed by atoms with Crippen molar-refractivity contribution in [3.8, 4) is 5.75 Å². The second-order valence-corrected chi connectivity index (χ2v) is 5.09. The second kappa shape index (κ2) is 7.65. The summed E-state index contributed by atoms with van der Waals surface area (Å²) in [5.74, 6) is 0.555. The number of methoxy groups -OCH3 is 1. The van der Waals surface area contributed by atoms with E-state index in [-0.39, 0.29) is 12.5 Å². The first kappa shape index (κ1) is 16.1. The molecule has 2 N–H and O–H groups in total. The third-order valence-corrected chi connectivity index (χ3v) is 3.64. The molecule has 22 heavy (non-hydrogen) atoms. The van der Waals surface area contributed by atoms with Gasteiger partial charge in [-0.25, -0.2) is 4.79 Å². The van der Waals surface area contributed by atoms with Gasteiger partial charge in [-0.05, 0) is 12.1 Å². The van der Waals surface area contributed by atoms with Gasteiger partial charge in [0.15, 0.2) is 0 Å². The molecule has 0 saturated carbocycles. The van der Waals surface area contributed by atoms with Crippen molar-refractivity contribution in [3.05, 3.63) is 24.3 Å². The third-order valence-electron chi connectivity index (χ3n) is 3.64. The molecule has 0 radical (unpaired) electrons. The first-order valence-corrected chi connectivity index (χ1v) is 7.25. The van der Waals surface area contributed by atoms with Gasteiger partial charge in [0.25, 0.3) is 0 Å². The summed E-state index contributed by atoms with van der Waals surface area (Å²) in [5.41, 5.74) is 1.12. The maximum Gasteiger partial charge on any atom is 0.321 e. The molecule has 1 heterocycles. The lowest BCUT2D eigenvalue weighted by Crippen LogP contribution is -2.50. The first-order chi connectivity index (χ1) is 10.6. The Morgan fingerprint density at radius 3 is 2.59 bits per heavy atom. The molecule has 0 unspecified atom stereocenters. The lowest BCUT2D eigenvalue weighted by Gasteiger charge is -2.35. The number of imide groups is 1. The summed E-state index contributed by atoms with van der Waals surface area (Å²) in [5, 5.41) is 4.64. The Morgan fingerprint density at radius 1 is 1.23 bits per heavy atom. The summed E-state index contributed by atoms with van der Waals surface area (Å²) < 4.78 is 5.24. The molecule has 0 bridgehead atoms. The zero-order valence-electron chi connectivity index (χ0n) is 13.0. The van der Waals surface area contributed by atoms with Crippen molar-refractivity contribution >= 4 is 17.6 Å². The second-order valence-electron chi connectivity index (χ2n) is 5.09. The minimum atomic E-state index is -0.472. The van der Waals surface area contributed by atoms with E-state index in [0.717, 1.165) is 37.6 Å². The van der Waals surface area contributed by atoms with E-state index in [1.165, 1.54) is 7.05 Å². The van der Waals surface area contributed by atoms with Crippen molar-refractivity contribution in [2.75, 3.05) is 51.8 Å². The highest BCUT2D eigenvalue weighted by Gasteiger charge is 2.20. The summed E-state index contributed by atoms with van der Waals surface area (Å²) in [4.78, 5) is 27.0. The van der Waals surface area contributed by atoms with E-state index in [2.05, 4.69) is 21.6 Å². The van der Waals surface area contributed by atoms with E-state index >= 15 is 0 Å². The van der Waals surface area contributed by atoms with Crippen molar-refractivity contribution in [1.82, 2.24) is 15.5 Å². The Kier molecular flexibility index (Phi) is 5.60. The van der Waals surface area contributed by atoms with E-state index in [1.807, 2.05) is 23.1 Å². The number of hydrogen-bond acceptors (Lipinski definition) is 5. The minimum absolute atomic E-state index is 0.235. The maximum atomic E-state index is 11.7. The Bertz CT molecular complexity index is 527. The summed E-state index contributed by atoms with van der Waals surface area (Å²) in [6.07, 6.45) is 0. The Balaban J connectivity index is 1.82. The number of carbonyl (C=O) groups is 2. The number of nitrogens with zero attached hydrogens (tertiary/aromatic N) is 2. The van der Waals surface area contributed by atoms with Crippen LogP contribution in [0.25, 0.3) is 0 Å². The van der Waals surface area contributed by atoms with Gasteiger partial charge in [-0.15, -0.1) is 0 Å². The number of hydrogen-bond donors (Lipinski definition) is 2. The van der Waals surface area contributed by atoms with Crippen molar-refractivity contribution in [3.63, 3.8) is 0 Å². The van der Waals surface area contributed by atoms with Gasteiger partial charge in [0, 0.05) is 45.0 Å². The summed E-state index contributed by atoms with van der Waals surface area (Å²) in [7, 11) is 3.14. The number of nitrogens with one attached hydrogen (secondary N) is 2. The molecule has 1 fully saturated rings. The van der Waals surface area contributed by atoms with Crippen LogP contribution in [0.5, 0.6) is 5.75 Å². The van der Waals surface area contributed by atoms with Crippen LogP contribution in [0.15, 0.2) is 24.3 Å². The summed E-state index contributed by atoms with van der Waals surface area (Å²) >= 11 is 0. The van der Waals surface area contributed by atoms with Gasteiger partial charge >= 0.3 is 6.03 Å². The number of amides is 3. The largest absolute Gasteiger partial charge is 0.497 e. The van der Waals surface area contributed by atoms with Crippen molar-refractivity contribution in [2.24, 2.45) is 0 Å². The molecule has 0 aromatic heterocycles. The standard InChI is InChI=1S/C15H22N4O3/c1-16-15(21)17-14(20)11-18-6-8-19(9-7-18)12-4-3-5-13(10-12)22-2/h3-5,10H,6-9,11H2,1-2H3,(H2,16,17,20,21). The molecule has 0 atom stereocenters. The zero-order chi connectivity index (χ0) is 15.9. The zero-order valence-corrected chi connectivity index (χ0v) is 13.0. The normalized spacial score (nSPS) is 15.3. The highest BCUT2D eigenvalue weighted by Crippen LogP contribution is 2.21. The van der Waals surface area contributed by atoms with Crippen LogP contribution in [-0.4, -0.2) is 63.7 Å². The van der Waals surface area contributed by atoms with E-state index in [0.29, 0.717) is 0 Å². The highest BCUT2D eigenvalue weighted by molar-refractivity contribution is 5.95. The van der Waals surface area contributed by atoms with Crippen LogP contribution in [0.4, 0.5) is 10.5 Å². The Hall–Kier alpha value is -2.28. The molecule has 7 nitrogen and oxygen atoms in total. The topological polar surface area (TPSA) is 73.9 Å². The molecule has 2 rings (SSSR count). The number of piperazine rings is 1. The van der Waals surface area contributed by atoms with Gasteiger partial charge in [0.1, 0.15) is 5.75 Å². The number of ether oxygens (including phenoxy) is 1. The van der Waals surface area contributed by atoms with Gasteiger partial charge in [0.2, 0.25) is 5.91 Å². The SMILES string of the molecule is CNC(=O)NC(=O)CN1CCN(c2cccc(OC)c2)CC1. The molecule has 3 amide bonds. The third kappa shape index (κ3) is 4.36. The average Bonchev–Trinajstić information content (AvgIpc) is 2.55. The molecule has 1 saturated heterocycles. The average molecular weight is 306 g/mol. The number of anilines is 1. The Labute approximate surface area is 130 Å². The van der Waals surface area contributed by atoms with Gasteiger partial charge < -0.3 is 15.0 Å². The highest BCUT2D eigenvalue weighted by atomic mass is 16.5. The van der Waals surface area contributed by atoms with Crippen LogP contribution >= 0.6 is 0 Å². The van der Waals surface area contributed by atoms with Gasteiger partial charge in [-0.2, -0.15) is 0 Å². The molecule has 1 aromatic carbocycles. The lowest BCUT2D eigenvalue weighted by atomic mass is 10.2. The fourth-order valence-electron chi connectivity index (χ4n) is 2.40. The van der Waals surface area contributed by atoms with Crippen LogP contribution in [0, 0.1) is 0 Å². The minimum Gasteiger partial charge on any atom is -0.497 e. The van der Waals surface area contributed by atoms with E-state index in [4.69, 9.17) is 4.74 Å². The monoisotopic (exact) mass is 306 g/mol. The number of benzene rings is 1. The predicted octanol–water partition coefficient (Wildman–Crippen LogP) is 0.273. The molecule has 0 spiro atoms. The van der Waals surface area contributed by atoms with Gasteiger partial charge in [-0.3, -0.25) is 15.0 Å². The molecule has 1 aliphatic rings. The first-order valence-electron chi connectivity index (χ1n) is 7.25. The Morgan fingerprint density at radius 2 is 1.95 bits per heavy atom. The molecule has 120 valence electrons. The number of rotatable bonds is 4. The number of urea groups is 1. The van der Waals surface area contributed by atoms with Crippen LogP contribution in [0.2, 0.25) is 0 Å². The molecule has 1 aliphatic heterocycles.